The minimum absolute atomic E-state index is 0.0146. The number of hydrogen-bond donors (Lipinski definition) is 0. The fraction of sp³-hybridized carbons (Fsp3) is 0.233. The molecule has 8 aromatic rings. The molecule has 4 unspecified atom stereocenters. The maximum Gasteiger partial charge on any atom is 0.335 e. The van der Waals surface area contributed by atoms with Crippen LogP contribution >= 0.6 is 133 Å². The summed E-state index contributed by atoms with van der Waals surface area (Å²) in [4.78, 5) is 52.0. The number of ether oxygens (including phenoxy) is 8. The highest BCUT2D eigenvalue weighted by Crippen LogP contribution is 2.51. The van der Waals surface area contributed by atoms with Crippen LogP contribution in [0.4, 0.5) is 0 Å². The molecule has 0 amide bonds. The van der Waals surface area contributed by atoms with Crippen molar-refractivity contribution in [3.05, 3.63) is 283 Å². The molecule has 1 aliphatic rings. The van der Waals surface area contributed by atoms with Gasteiger partial charge in [0.25, 0.3) is 0 Å². The quantitative estimate of drug-likeness (QED) is 0.0151. The van der Waals surface area contributed by atoms with Crippen LogP contribution in [-0.4, -0.2) is 81.3 Å². The van der Waals surface area contributed by atoms with Crippen LogP contribution in [0.2, 0.25) is 30.1 Å². The summed E-state index contributed by atoms with van der Waals surface area (Å²) in [6.45, 7) is 13.1. The van der Waals surface area contributed by atoms with Crippen molar-refractivity contribution in [2.24, 2.45) is 5.41 Å². The largest absolute Gasteiger partial charge is 0.487 e. The number of carbonyl (C=O) groups is 4. The lowest BCUT2D eigenvalue weighted by Gasteiger charge is -2.36. The maximum atomic E-state index is 14.4. The Labute approximate surface area is 615 Å². The summed E-state index contributed by atoms with van der Waals surface area (Å²) < 4.78 is 49.6. The van der Waals surface area contributed by atoms with Crippen LogP contribution in [0.15, 0.2) is 219 Å². The standard InChI is InChI=1S/C41H35Br2Cl3O8.C32H27Br2Cl3O4/c1-5-34(47)52-30-19-32(42)37(33(43)20-30)50-22-31(23-51-38-39(40(38,3)4)54-35(48)6-2)53-36(49)21-41(24-7-13-27(44)14-8-24,25-9-15-28(45)16-10-25)26-11-17-29(46)18-12-26;1-2-39-19-27(20-40-31-28(33)4-3-5-29(31)34)41-30(38)18-32(21-6-12-24(35)13-7-21,22-8-14-25(36)15-9-22)23-10-16-26(37)17-11-23/h5-20,31,38-39H,1-2,21-23H2,3-4H3;3-17,27H,2,18-20H2,1H3. The van der Waals surface area contributed by atoms with E-state index in [1.54, 1.807) is 48.5 Å². The van der Waals surface area contributed by atoms with Crippen molar-refractivity contribution in [1.82, 2.24) is 0 Å². The van der Waals surface area contributed by atoms with Gasteiger partial charge in [-0.05, 0) is 201 Å². The number of rotatable bonds is 28. The first-order valence-corrected chi connectivity index (χ1v) is 34.8. The molecule has 22 heteroatoms. The average molecular weight is 1660 g/mol. The van der Waals surface area contributed by atoms with Crippen molar-refractivity contribution in [3.63, 3.8) is 0 Å². The van der Waals surface area contributed by atoms with E-state index in [2.05, 4.69) is 76.9 Å². The predicted molar refractivity (Wildman–Crippen MR) is 388 cm³/mol. The number of carbonyl (C=O) groups excluding carboxylic acids is 4. The Morgan fingerprint density at radius 1 is 0.474 bits per heavy atom. The van der Waals surface area contributed by atoms with Gasteiger partial charge in [-0.2, -0.15) is 0 Å². The molecule has 0 radical (unpaired) electrons. The highest BCUT2D eigenvalue weighted by molar-refractivity contribution is 9.11. The van der Waals surface area contributed by atoms with Gasteiger partial charge in [-0.1, -0.05) is 175 Å². The molecule has 0 N–H and O–H groups in total. The SMILES string of the molecule is C=CC(=O)Oc1cc(Br)c(OCC(COC2C(OC(=O)C=C)C2(C)C)OC(=O)CC(c2ccc(Cl)cc2)(c2ccc(Cl)cc2)c2ccc(Cl)cc2)c(Br)c1.CCOCC(COc1c(Br)cccc1Br)OC(=O)CC(c1ccc(Cl)cc1)(c1ccc(Cl)cc1)c1ccc(Cl)cc1. The second-order valence-electron chi connectivity index (χ2n) is 22.2. The van der Waals surface area contributed by atoms with Gasteiger partial charge < -0.3 is 37.9 Å². The van der Waals surface area contributed by atoms with Crippen molar-refractivity contribution in [2.45, 2.75) is 68.9 Å². The molecule has 0 bridgehead atoms. The Hall–Kier alpha value is -5.70. The molecular weight excluding hydrogens is 1600 g/mol. The summed E-state index contributed by atoms with van der Waals surface area (Å²) in [7, 11) is 0. The Morgan fingerprint density at radius 3 is 1.13 bits per heavy atom. The van der Waals surface area contributed by atoms with Crippen LogP contribution in [-0.2, 0) is 53.7 Å². The van der Waals surface area contributed by atoms with Gasteiger partial charge in [-0.3, -0.25) is 9.59 Å². The van der Waals surface area contributed by atoms with E-state index in [1.165, 1.54) is 0 Å². The Balaban J connectivity index is 0.000000253. The molecule has 0 spiro atoms. The van der Waals surface area contributed by atoms with Gasteiger partial charge in [0, 0.05) is 54.3 Å². The highest BCUT2D eigenvalue weighted by atomic mass is 79.9. The summed E-state index contributed by atoms with van der Waals surface area (Å²) in [6.07, 6.45) is -0.620. The highest BCUT2D eigenvalue weighted by Gasteiger charge is 2.62. The van der Waals surface area contributed by atoms with E-state index in [-0.39, 0.29) is 45.0 Å². The van der Waals surface area contributed by atoms with Gasteiger partial charge in [0.2, 0.25) is 0 Å². The predicted octanol–water partition coefficient (Wildman–Crippen LogP) is 20.4. The topological polar surface area (TPSA) is 142 Å². The first-order chi connectivity index (χ1) is 45.4. The third kappa shape index (κ3) is 19.6. The van der Waals surface area contributed by atoms with E-state index in [0.717, 1.165) is 54.5 Å². The molecule has 12 nitrogen and oxygen atoms in total. The molecule has 1 aliphatic carbocycles. The number of esters is 4. The maximum absolute atomic E-state index is 14.4. The Morgan fingerprint density at radius 2 is 0.800 bits per heavy atom. The van der Waals surface area contributed by atoms with Crippen LogP contribution < -0.4 is 14.2 Å². The molecule has 1 fully saturated rings. The van der Waals surface area contributed by atoms with Gasteiger partial charge in [-0.15, -0.1) is 0 Å². The van der Waals surface area contributed by atoms with Crippen LogP contribution in [0.3, 0.4) is 0 Å². The lowest BCUT2D eigenvalue weighted by molar-refractivity contribution is -0.156. The van der Waals surface area contributed by atoms with Crippen molar-refractivity contribution in [1.29, 1.82) is 0 Å². The molecule has 0 aliphatic heterocycles. The minimum atomic E-state index is -1.07. The first-order valence-electron chi connectivity index (χ1n) is 29.4. The molecule has 0 heterocycles. The lowest BCUT2D eigenvalue weighted by atomic mass is 9.67. The molecule has 0 saturated heterocycles. The molecule has 9 rings (SSSR count). The molecule has 0 aromatic heterocycles. The third-order valence-electron chi connectivity index (χ3n) is 15.6. The van der Waals surface area contributed by atoms with Gasteiger partial charge in [-0.25, -0.2) is 9.59 Å². The van der Waals surface area contributed by atoms with E-state index in [0.29, 0.717) is 57.2 Å². The van der Waals surface area contributed by atoms with Crippen LogP contribution in [0.1, 0.15) is 67.0 Å². The second-order valence-corrected chi connectivity index (χ2v) is 28.3. The summed E-state index contributed by atoms with van der Waals surface area (Å²) >= 11 is 51.7. The zero-order valence-electron chi connectivity index (χ0n) is 51.2. The average Bonchev–Trinajstić information content (AvgIpc) is 1.70. The summed E-state index contributed by atoms with van der Waals surface area (Å²) in [6, 6.07) is 52.9. The van der Waals surface area contributed by atoms with E-state index >= 15 is 0 Å². The number of para-hydroxylation sites is 1. The number of halogens is 10. The van der Waals surface area contributed by atoms with E-state index in [4.69, 9.17) is 108 Å². The molecule has 1 saturated carbocycles. The van der Waals surface area contributed by atoms with Gasteiger partial charge >= 0.3 is 23.9 Å². The molecule has 95 heavy (non-hydrogen) atoms. The van der Waals surface area contributed by atoms with Gasteiger partial charge in [0.15, 0.2) is 12.2 Å². The lowest BCUT2D eigenvalue weighted by Crippen LogP contribution is -2.36. The zero-order chi connectivity index (χ0) is 68.6. The van der Waals surface area contributed by atoms with Crippen molar-refractivity contribution >= 4 is 157 Å². The second kappa shape index (κ2) is 34.7. The summed E-state index contributed by atoms with van der Waals surface area (Å²) in [5.74, 6) is -0.967. The van der Waals surface area contributed by atoms with E-state index in [1.807, 2.05) is 148 Å². The third-order valence-corrected chi connectivity index (χ3v) is 19.5. The monoisotopic (exact) mass is 1660 g/mol. The number of benzene rings is 8. The van der Waals surface area contributed by atoms with Gasteiger partial charge in [0.05, 0.1) is 54.8 Å². The molecule has 4 atom stereocenters. The fourth-order valence-corrected chi connectivity index (χ4v) is 14.1. The smallest absolute Gasteiger partial charge is 0.335 e. The minimum Gasteiger partial charge on any atom is -0.487 e. The van der Waals surface area contributed by atoms with E-state index < -0.39 is 64.5 Å². The van der Waals surface area contributed by atoms with Crippen LogP contribution in [0.5, 0.6) is 17.2 Å². The van der Waals surface area contributed by atoms with E-state index in [9.17, 15) is 19.2 Å². The Bertz CT molecular complexity index is 3710. The van der Waals surface area contributed by atoms with Crippen molar-refractivity contribution in [3.8, 4) is 17.2 Å². The summed E-state index contributed by atoms with van der Waals surface area (Å²) in [5, 5.41) is 3.35. The van der Waals surface area contributed by atoms with Gasteiger partial charge in [0.1, 0.15) is 42.7 Å². The number of hydrogen-bond acceptors (Lipinski definition) is 12. The van der Waals surface area contributed by atoms with Crippen molar-refractivity contribution in [2.75, 3.05) is 33.0 Å². The molecular formula is C73H62Br4Cl6O12. The fourth-order valence-electron chi connectivity index (χ4n) is 10.7. The van der Waals surface area contributed by atoms with Crippen molar-refractivity contribution < 1.29 is 57.1 Å². The summed E-state index contributed by atoms with van der Waals surface area (Å²) in [5.41, 5.74) is 2.40. The van der Waals surface area contributed by atoms with Crippen LogP contribution in [0, 0.1) is 5.41 Å². The molecule has 8 aromatic carbocycles. The first kappa shape index (κ1) is 75.1. The Kier molecular flexibility index (Phi) is 27.4. The van der Waals surface area contributed by atoms with Crippen LogP contribution in [0.25, 0.3) is 0 Å². The zero-order valence-corrected chi connectivity index (χ0v) is 62.1. The normalized spacial score (nSPS) is 14.6. The molecule has 496 valence electrons.